The summed E-state index contributed by atoms with van der Waals surface area (Å²) >= 11 is 0. The van der Waals surface area contributed by atoms with Crippen molar-refractivity contribution in [3.63, 3.8) is 0 Å². The highest BCUT2D eigenvalue weighted by Gasteiger charge is 2.24. The summed E-state index contributed by atoms with van der Waals surface area (Å²) in [4.78, 5) is 30.4. The van der Waals surface area contributed by atoms with Crippen LogP contribution in [0.15, 0.2) is 10.7 Å². The fourth-order valence-electron chi connectivity index (χ4n) is 2.78. The van der Waals surface area contributed by atoms with Crippen molar-refractivity contribution in [2.45, 2.75) is 72.3 Å². The van der Waals surface area contributed by atoms with E-state index in [1.807, 2.05) is 4.90 Å². The lowest BCUT2D eigenvalue weighted by atomic mass is 9.97. The third kappa shape index (κ3) is 6.88. The quantitative estimate of drug-likeness (QED) is 0.416. The van der Waals surface area contributed by atoms with Gasteiger partial charge in [-0.05, 0) is 19.3 Å². The topological polar surface area (TPSA) is 72.6 Å². The predicted molar refractivity (Wildman–Crippen MR) is 96.1 cm³/mol. The molecule has 0 bridgehead atoms. The molecule has 1 rings (SSSR count). The van der Waals surface area contributed by atoms with Crippen LogP contribution in [0, 0.1) is 5.92 Å². The largest absolute Gasteiger partial charge is 0.464 e. The van der Waals surface area contributed by atoms with Gasteiger partial charge in [0.15, 0.2) is 5.69 Å². The maximum absolute atomic E-state index is 12.9. The summed E-state index contributed by atoms with van der Waals surface area (Å²) in [6.45, 7) is 7.31. The molecule has 1 atom stereocenters. The molecule has 0 aliphatic heterocycles. The summed E-state index contributed by atoms with van der Waals surface area (Å²) in [6.07, 6.45) is 8.30. The molecule has 1 heterocycles. The average Bonchev–Trinajstić information content (AvgIpc) is 3.09. The minimum Gasteiger partial charge on any atom is -0.464 e. The van der Waals surface area contributed by atoms with Crippen molar-refractivity contribution in [1.82, 2.24) is 9.88 Å². The molecule has 6 heteroatoms. The number of aromatic nitrogens is 1. The SMILES string of the molecule is CCCCCN(Cc1nc(C(=O)OC)co1)C(=O)C(CC)CCCC. The minimum atomic E-state index is -0.534. The Morgan fingerprint density at radius 1 is 1.20 bits per heavy atom. The van der Waals surface area contributed by atoms with E-state index >= 15 is 0 Å². The first-order valence-corrected chi connectivity index (χ1v) is 9.38. The molecule has 0 saturated heterocycles. The lowest BCUT2D eigenvalue weighted by Crippen LogP contribution is -2.36. The molecule has 0 spiro atoms. The van der Waals surface area contributed by atoms with E-state index in [2.05, 4.69) is 30.5 Å². The van der Waals surface area contributed by atoms with Crippen LogP contribution in [-0.4, -0.2) is 35.4 Å². The summed E-state index contributed by atoms with van der Waals surface area (Å²) in [7, 11) is 1.30. The summed E-state index contributed by atoms with van der Waals surface area (Å²) < 4.78 is 10.0. The van der Waals surface area contributed by atoms with Crippen LogP contribution >= 0.6 is 0 Å². The van der Waals surface area contributed by atoms with Crippen molar-refractivity contribution in [3.8, 4) is 0 Å². The molecule has 0 aliphatic carbocycles. The zero-order valence-corrected chi connectivity index (χ0v) is 16.0. The number of methoxy groups -OCH3 is 1. The highest BCUT2D eigenvalue weighted by molar-refractivity contribution is 5.86. The van der Waals surface area contributed by atoms with Gasteiger partial charge in [0, 0.05) is 12.5 Å². The second-order valence-electron chi connectivity index (χ2n) is 6.33. The predicted octanol–water partition coefficient (Wildman–Crippen LogP) is 4.20. The molecule has 0 saturated carbocycles. The van der Waals surface area contributed by atoms with Gasteiger partial charge in [-0.1, -0.05) is 46.5 Å². The van der Waals surface area contributed by atoms with Crippen molar-refractivity contribution in [3.05, 3.63) is 17.8 Å². The number of nitrogens with zero attached hydrogens (tertiary/aromatic N) is 2. The van der Waals surface area contributed by atoms with E-state index in [1.54, 1.807) is 0 Å². The lowest BCUT2D eigenvalue weighted by molar-refractivity contribution is -0.137. The number of oxazole rings is 1. The van der Waals surface area contributed by atoms with Crippen molar-refractivity contribution in [2.24, 2.45) is 5.92 Å². The molecule has 0 aliphatic rings. The van der Waals surface area contributed by atoms with Crippen molar-refractivity contribution in [2.75, 3.05) is 13.7 Å². The highest BCUT2D eigenvalue weighted by Crippen LogP contribution is 2.18. The second kappa shape index (κ2) is 11.7. The number of unbranched alkanes of at least 4 members (excludes halogenated alkanes) is 3. The Morgan fingerprint density at radius 3 is 2.52 bits per heavy atom. The van der Waals surface area contributed by atoms with Gasteiger partial charge in [-0.25, -0.2) is 9.78 Å². The van der Waals surface area contributed by atoms with E-state index in [4.69, 9.17) is 4.42 Å². The first-order valence-electron chi connectivity index (χ1n) is 9.38. The third-order valence-electron chi connectivity index (χ3n) is 4.36. The number of carbonyl (C=O) groups excluding carboxylic acids is 2. The number of rotatable bonds is 12. The molecular formula is C19H32N2O4. The number of carbonyl (C=O) groups is 2. The van der Waals surface area contributed by atoms with Gasteiger partial charge >= 0.3 is 5.97 Å². The maximum Gasteiger partial charge on any atom is 0.360 e. The number of ether oxygens (including phenoxy) is 1. The maximum atomic E-state index is 12.9. The first kappa shape index (κ1) is 21.2. The van der Waals surface area contributed by atoms with Crippen LogP contribution in [0.25, 0.3) is 0 Å². The van der Waals surface area contributed by atoms with Crippen LogP contribution in [0.5, 0.6) is 0 Å². The number of amides is 1. The van der Waals surface area contributed by atoms with Gasteiger partial charge in [0.1, 0.15) is 6.26 Å². The summed E-state index contributed by atoms with van der Waals surface area (Å²) in [5.74, 6) is 0.0327. The van der Waals surface area contributed by atoms with Crippen LogP contribution < -0.4 is 0 Å². The zero-order chi connectivity index (χ0) is 18.7. The summed E-state index contributed by atoms with van der Waals surface area (Å²) in [6, 6.07) is 0. The van der Waals surface area contributed by atoms with Gasteiger partial charge < -0.3 is 14.1 Å². The van der Waals surface area contributed by atoms with Crippen molar-refractivity contribution < 1.29 is 18.7 Å². The number of hydrogen-bond donors (Lipinski definition) is 0. The van der Waals surface area contributed by atoms with Crippen LogP contribution in [0.1, 0.15) is 82.1 Å². The van der Waals surface area contributed by atoms with E-state index in [9.17, 15) is 9.59 Å². The van der Waals surface area contributed by atoms with E-state index in [0.717, 1.165) is 44.9 Å². The Bertz CT molecular complexity index is 527. The molecule has 0 aromatic carbocycles. The van der Waals surface area contributed by atoms with Crippen molar-refractivity contribution in [1.29, 1.82) is 0 Å². The van der Waals surface area contributed by atoms with Gasteiger partial charge in [-0.2, -0.15) is 0 Å². The van der Waals surface area contributed by atoms with Gasteiger partial charge in [0.05, 0.1) is 13.7 Å². The van der Waals surface area contributed by atoms with Crippen LogP contribution in [0.3, 0.4) is 0 Å². The fraction of sp³-hybridized carbons (Fsp3) is 0.737. The highest BCUT2D eigenvalue weighted by atomic mass is 16.5. The van der Waals surface area contributed by atoms with Gasteiger partial charge in [-0.3, -0.25) is 4.79 Å². The molecule has 25 heavy (non-hydrogen) atoms. The van der Waals surface area contributed by atoms with Crippen LogP contribution in [-0.2, 0) is 16.1 Å². The Labute approximate surface area is 150 Å². The smallest absolute Gasteiger partial charge is 0.360 e. The standard InChI is InChI=1S/C19H32N2O4/c1-5-8-10-12-21(18(22)15(7-3)11-9-6-2)13-17-20-16(14-25-17)19(23)24-4/h14-15H,5-13H2,1-4H3. The average molecular weight is 352 g/mol. The molecule has 1 amide bonds. The molecule has 0 radical (unpaired) electrons. The molecule has 1 unspecified atom stereocenters. The number of hydrogen-bond acceptors (Lipinski definition) is 5. The zero-order valence-electron chi connectivity index (χ0n) is 16.0. The molecule has 1 aromatic rings. The third-order valence-corrected chi connectivity index (χ3v) is 4.36. The molecule has 142 valence electrons. The van der Waals surface area contributed by atoms with Gasteiger partial charge in [0.25, 0.3) is 0 Å². The molecule has 1 aromatic heterocycles. The first-order chi connectivity index (χ1) is 12.1. The summed E-state index contributed by atoms with van der Waals surface area (Å²) in [5, 5.41) is 0. The Hall–Kier alpha value is -1.85. The number of esters is 1. The van der Waals surface area contributed by atoms with E-state index in [-0.39, 0.29) is 17.5 Å². The normalized spacial score (nSPS) is 12.0. The molecule has 6 nitrogen and oxygen atoms in total. The Balaban J connectivity index is 2.82. The van der Waals surface area contributed by atoms with Crippen molar-refractivity contribution >= 4 is 11.9 Å². The molecule has 0 N–H and O–H groups in total. The second-order valence-corrected chi connectivity index (χ2v) is 6.33. The Morgan fingerprint density at radius 2 is 1.92 bits per heavy atom. The monoisotopic (exact) mass is 352 g/mol. The molecule has 0 fully saturated rings. The Kier molecular flexibility index (Phi) is 9.88. The van der Waals surface area contributed by atoms with Gasteiger partial charge in [-0.15, -0.1) is 0 Å². The van der Waals surface area contributed by atoms with Crippen LogP contribution in [0.4, 0.5) is 0 Å². The van der Waals surface area contributed by atoms with E-state index < -0.39 is 5.97 Å². The minimum absolute atomic E-state index is 0.0385. The fourth-order valence-corrected chi connectivity index (χ4v) is 2.78. The lowest BCUT2D eigenvalue weighted by Gasteiger charge is -2.26. The van der Waals surface area contributed by atoms with E-state index in [1.165, 1.54) is 13.4 Å². The molecular weight excluding hydrogens is 320 g/mol. The van der Waals surface area contributed by atoms with Gasteiger partial charge in [0.2, 0.25) is 11.8 Å². The summed E-state index contributed by atoms with van der Waals surface area (Å²) in [5.41, 5.74) is 0.136. The van der Waals surface area contributed by atoms with Crippen LogP contribution in [0.2, 0.25) is 0 Å². The van der Waals surface area contributed by atoms with E-state index in [0.29, 0.717) is 19.0 Å².